The van der Waals surface area contributed by atoms with E-state index in [-0.39, 0.29) is 18.4 Å². The number of amides is 2. The summed E-state index contributed by atoms with van der Waals surface area (Å²) < 4.78 is 10.9. The lowest BCUT2D eigenvalue weighted by molar-refractivity contribution is -0.130. The second-order valence-corrected chi connectivity index (χ2v) is 7.70. The van der Waals surface area contributed by atoms with Gasteiger partial charge in [-0.15, -0.1) is 0 Å². The molecule has 8 heteroatoms. The first-order valence-corrected chi connectivity index (χ1v) is 10.7. The molecule has 0 saturated carbocycles. The first-order valence-electron chi connectivity index (χ1n) is 10.7. The fourth-order valence-electron chi connectivity index (χ4n) is 4.05. The van der Waals surface area contributed by atoms with Gasteiger partial charge in [0.15, 0.2) is 6.61 Å². The quantitative estimate of drug-likeness (QED) is 0.497. The summed E-state index contributed by atoms with van der Waals surface area (Å²) in [6, 6.07) is 11.1. The average Bonchev–Trinajstić information content (AvgIpc) is 2.94. The molecule has 0 N–H and O–H groups in total. The summed E-state index contributed by atoms with van der Waals surface area (Å²) in [4.78, 5) is 35.9. The maximum Gasteiger partial charge on any atom is 0.268 e. The van der Waals surface area contributed by atoms with Gasteiger partial charge in [-0.3, -0.25) is 19.4 Å². The molecule has 0 spiro atoms. The predicted molar refractivity (Wildman–Crippen MR) is 117 cm³/mol. The smallest absolute Gasteiger partial charge is 0.268 e. The largest absolute Gasteiger partial charge is 0.496 e. The van der Waals surface area contributed by atoms with Crippen molar-refractivity contribution in [3.05, 3.63) is 48.2 Å². The second-order valence-electron chi connectivity index (χ2n) is 7.70. The van der Waals surface area contributed by atoms with Crippen molar-refractivity contribution in [1.82, 2.24) is 14.8 Å². The fourth-order valence-corrected chi connectivity index (χ4v) is 4.05. The van der Waals surface area contributed by atoms with Gasteiger partial charge in [-0.1, -0.05) is 12.1 Å². The molecule has 1 fully saturated rings. The molecule has 1 aromatic heterocycles. The summed E-state index contributed by atoms with van der Waals surface area (Å²) in [5.41, 5.74) is 0.321. The highest BCUT2D eigenvalue weighted by molar-refractivity contribution is 6.09. The van der Waals surface area contributed by atoms with Crippen LogP contribution < -0.4 is 14.4 Å². The maximum atomic E-state index is 13.0. The molecular formula is C23H28N4O4. The third-order valence-corrected chi connectivity index (χ3v) is 5.77. The molecule has 2 amide bonds. The van der Waals surface area contributed by atoms with Gasteiger partial charge in [0.2, 0.25) is 0 Å². The Morgan fingerprint density at radius 3 is 2.55 bits per heavy atom. The molecule has 2 aliphatic heterocycles. The van der Waals surface area contributed by atoms with Crippen LogP contribution in [-0.2, 0) is 4.79 Å². The monoisotopic (exact) mass is 424 g/mol. The van der Waals surface area contributed by atoms with E-state index < -0.39 is 0 Å². The van der Waals surface area contributed by atoms with Gasteiger partial charge < -0.3 is 14.4 Å². The van der Waals surface area contributed by atoms with Crippen LogP contribution in [0, 0.1) is 0 Å². The number of nitrogens with zero attached hydrogens (tertiary/aromatic N) is 4. The van der Waals surface area contributed by atoms with Gasteiger partial charge in [0.1, 0.15) is 22.9 Å². The molecular weight excluding hydrogens is 396 g/mol. The van der Waals surface area contributed by atoms with Crippen molar-refractivity contribution in [2.24, 2.45) is 0 Å². The number of carbonyl (C=O) groups excluding carboxylic acids is 2. The molecule has 2 aromatic rings. The van der Waals surface area contributed by atoms with Crippen LogP contribution >= 0.6 is 0 Å². The lowest BCUT2D eigenvalue weighted by atomic mass is 10.1. The minimum atomic E-state index is -0.348. The van der Waals surface area contributed by atoms with E-state index in [2.05, 4.69) is 14.8 Å². The summed E-state index contributed by atoms with van der Waals surface area (Å²) in [6.07, 6.45) is 3.49. The summed E-state index contributed by atoms with van der Waals surface area (Å²) in [6.45, 7) is 5.06. The summed E-state index contributed by atoms with van der Waals surface area (Å²) in [5.74, 6) is 1.18. The zero-order valence-electron chi connectivity index (χ0n) is 17.8. The van der Waals surface area contributed by atoms with Gasteiger partial charge in [-0.05, 0) is 43.7 Å². The van der Waals surface area contributed by atoms with Crippen molar-refractivity contribution in [2.45, 2.75) is 12.8 Å². The van der Waals surface area contributed by atoms with Crippen LogP contribution in [0.1, 0.15) is 23.2 Å². The van der Waals surface area contributed by atoms with Gasteiger partial charge in [0.25, 0.3) is 11.8 Å². The average molecular weight is 425 g/mol. The van der Waals surface area contributed by atoms with Gasteiger partial charge in [-0.25, -0.2) is 4.98 Å². The Morgan fingerprint density at radius 2 is 1.81 bits per heavy atom. The molecule has 0 atom stereocenters. The van der Waals surface area contributed by atoms with Crippen molar-refractivity contribution < 1.29 is 19.1 Å². The van der Waals surface area contributed by atoms with Crippen LogP contribution in [0.25, 0.3) is 0 Å². The van der Waals surface area contributed by atoms with Gasteiger partial charge in [0.05, 0.1) is 7.11 Å². The fraction of sp³-hybridized carbons (Fsp3) is 0.435. The zero-order chi connectivity index (χ0) is 21.6. The summed E-state index contributed by atoms with van der Waals surface area (Å²) in [7, 11) is 1.51. The molecule has 0 radical (unpaired) electrons. The molecule has 1 saturated heterocycles. The number of unbranched alkanes of at least 4 members (excludes halogenated alkanes) is 1. The molecule has 3 heterocycles. The Balaban J connectivity index is 1.27. The molecule has 0 unspecified atom stereocenters. The van der Waals surface area contributed by atoms with Crippen molar-refractivity contribution in [1.29, 1.82) is 0 Å². The number of fused-ring (bicyclic) bond motifs is 1. The Bertz CT molecular complexity index is 913. The van der Waals surface area contributed by atoms with Crippen molar-refractivity contribution >= 4 is 17.6 Å². The highest BCUT2D eigenvalue weighted by Gasteiger charge is 2.31. The molecule has 4 rings (SSSR count). The van der Waals surface area contributed by atoms with Crippen LogP contribution in [0.15, 0.2) is 42.6 Å². The normalized spacial score (nSPS) is 17.2. The van der Waals surface area contributed by atoms with Gasteiger partial charge in [-0.2, -0.15) is 0 Å². The van der Waals surface area contributed by atoms with E-state index in [1.165, 1.54) is 12.0 Å². The van der Waals surface area contributed by atoms with E-state index in [9.17, 15) is 9.59 Å². The molecule has 31 heavy (non-hydrogen) atoms. The van der Waals surface area contributed by atoms with Gasteiger partial charge in [0, 0.05) is 38.9 Å². The number of ether oxygens (including phenoxy) is 2. The Kier molecular flexibility index (Phi) is 6.66. The lowest BCUT2D eigenvalue weighted by Crippen LogP contribution is -2.47. The zero-order valence-corrected chi connectivity index (χ0v) is 17.8. The van der Waals surface area contributed by atoms with E-state index in [1.807, 2.05) is 24.4 Å². The SMILES string of the molecule is COc1cccc2c1C(=O)N(CCCCN1CCN(c3ccccn3)CC1)C(=O)CO2. The summed E-state index contributed by atoms with van der Waals surface area (Å²) >= 11 is 0. The molecule has 1 aromatic carbocycles. The van der Waals surface area contributed by atoms with Crippen molar-refractivity contribution in [3.8, 4) is 11.5 Å². The number of imide groups is 1. The third kappa shape index (κ3) is 4.80. The van der Waals surface area contributed by atoms with E-state index in [4.69, 9.17) is 9.47 Å². The van der Waals surface area contributed by atoms with Crippen LogP contribution in [0.5, 0.6) is 11.5 Å². The lowest BCUT2D eigenvalue weighted by Gasteiger charge is -2.35. The number of hydrogen-bond acceptors (Lipinski definition) is 7. The van der Waals surface area contributed by atoms with E-state index in [0.717, 1.165) is 51.4 Å². The first kappa shape index (κ1) is 21.1. The van der Waals surface area contributed by atoms with Crippen LogP contribution in [-0.4, -0.2) is 79.6 Å². The maximum absolute atomic E-state index is 13.0. The number of methoxy groups -OCH3 is 1. The molecule has 2 aliphatic rings. The second kappa shape index (κ2) is 9.78. The number of aromatic nitrogens is 1. The molecule has 164 valence electrons. The number of pyridine rings is 1. The van der Waals surface area contributed by atoms with Crippen molar-refractivity contribution in [2.75, 3.05) is 57.9 Å². The van der Waals surface area contributed by atoms with E-state index in [0.29, 0.717) is 23.6 Å². The number of piperazine rings is 1. The number of carbonyl (C=O) groups is 2. The molecule has 8 nitrogen and oxygen atoms in total. The van der Waals surface area contributed by atoms with Crippen LogP contribution in [0.3, 0.4) is 0 Å². The molecule has 0 aliphatic carbocycles. The Morgan fingerprint density at radius 1 is 1.00 bits per heavy atom. The number of anilines is 1. The Hall–Kier alpha value is -3.13. The first-order chi connectivity index (χ1) is 15.2. The van der Waals surface area contributed by atoms with Crippen molar-refractivity contribution in [3.63, 3.8) is 0 Å². The highest BCUT2D eigenvalue weighted by Crippen LogP contribution is 2.31. The predicted octanol–water partition coefficient (Wildman–Crippen LogP) is 2.05. The standard InChI is InChI=1S/C23H28N4O4/c1-30-18-7-6-8-19-22(18)23(29)27(21(28)17-31-19)12-5-4-11-25-13-15-26(16-14-25)20-9-2-3-10-24-20/h2-3,6-10H,4-5,11-17H2,1H3. The highest BCUT2D eigenvalue weighted by atomic mass is 16.5. The number of hydrogen-bond donors (Lipinski definition) is 0. The molecule has 0 bridgehead atoms. The number of rotatable bonds is 7. The van der Waals surface area contributed by atoms with E-state index >= 15 is 0 Å². The van der Waals surface area contributed by atoms with Crippen LogP contribution in [0.2, 0.25) is 0 Å². The third-order valence-electron chi connectivity index (χ3n) is 5.77. The van der Waals surface area contributed by atoms with Crippen LogP contribution in [0.4, 0.5) is 5.82 Å². The summed E-state index contributed by atoms with van der Waals surface area (Å²) in [5, 5.41) is 0. The van der Waals surface area contributed by atoms with E-state index in [1.54, 1.807) is 18.2 Å². The topological polar surface area (TPSA) is 75.2 Å². The minimum Gasteiger partial charge on any atom is -0.496 e. The number of benzene rings is 1. The van der Waals surface area contributed by atoms with Gasteiger partial charge >= 0.3 is 0 Å². The Labute approximate surface area is 182 Å². The minimum absolute atomic E-state index is 0.138.